The molecule has 0 bridgehead atoms. The highest BCUT2D eigenvalue weighted by Gasteiger charge is 2.42. The molecule has 1 fully saturated rings. The number of thiocarbonyl (C=S) groups is 1. The SMILES string of the molecule is COc1ccccc1CN1C(=S)NC(C)(C)C[C@]1(C)O. The smallest absolute Gasteiger partial charge is 0.171 e. The first-order valence-electron chi connectivity index (χ1n) is 6.69. The van der Waals surface area contributed by atoms with Gasteiger partial charge in [-0.15, -0.1) is 0 Å². The van der Waals surface area contributed by atoms with Crippen molar-refractivity contribution in [2.24, 2.45) is 0 Å². The van der Waals surface area contributed by atoms with E-state index in [1.54, 1.807) is 14.0 Å². The number of para-hydroxylation sites is 1. The molecule has 1 aromatic carbocycles. The lowest BCUT2D eigenvalue weighted by atomic mass is 9.90. The highest BCUT2D eigenvalue weighted by Crippen LogP contribution is 2.32. The first-order valence-corrected chi connectivity index (χ1v) is 7.10. The fourth-order valence-electron chi connectivity index (χ4n) is 2.80. The van der Waals surface area contributed by atoms with E-state index in [2.05, 4.69) is 5.32 Å². The van der Waals surface area contributed by atoms with Gasteiger partial charge in [0.25, 0.3) is 0 Å². The summed E-state index contributed by atoms with van der Waals surface area (Å²) in [5.41, 5.74) is -0.191. The number of aliphatic hydroxyl groups is 1. The van der Waals surface area contributed by atoms with Crippen molar-refractivity contribution in [3.05, 3.63) is 29.8 Å². The Hall–Kier alpha value is -1.33. The van der Waals surface area contributed by atoms with Crippen LogP contribution in [0.1, 0.15) is 32.8 Å². The number of benzene rings is 1. The average Bonchev–Trinajstić information content (AvgIpc) is 2.32. The van der Waals surface area contributed by atoms with Gasteiger partial charge >= 0.3 is 0 Å². The maximum absolute atomic E-state index is 10.7. The number of ether oxygens (including phenoxy) is 1. The standard InChI is InChI=1S/C15H22N2O2S/c1-14(2)10-15(3,18)17(13(20)16-14)9-11-7-5-6-8-12(11)19-4/h5-8,18H,9-10H2,1-4H3,(H,16,20)/t15-/m0/s1. The van der Waals surface area contributed by atoms with Crippen LogP contribution in [0.3, 0.4) is 0 Å². The second kappa shape index (κ2) is 5.22. The third-order valence-electron chi connectivity index (χ3n) is 3.57. The lowest BCUT2D eigenvalue weighted by Crippen LogP contribution is -2.65. The quantitative estimate of drug-likeness (QED) is 0.837. The van der Waals surface area contributed by atoms with Gasteiger partial charge in [-0.3, -0.25) is 0 Å². The fraction of sp³-hybridized carbons (Fsp3) is 0.533. The molecular formula is C15H22N2O2S. The maximum Gasteiger partial charge on any atom is 0.171 e. The summed E-state index contributed by atoms with van der Waals surface area (Å²) in [7, 11) is 1.65. The van der Waals surface area contributed by atoms with E-state index in [1.807, 2.05) is 43.0 Å². The monoisotopic (exact) mass is 294 g/mol. The Balaban J connectivity index is 2.26. The summed E-state index contributed by atoms with van der Waals surface area (Å²) in [5.74, 6) is 0.802. The molecule has 1 aromatic rings. The molecule has 0 spiro atoms. The second-order valence-electron chi connectivity index (χ2n) is 6.11. The van der Waals surface area contributed by atoms with Crippen molar-refractivity contribution >= 4 is 17.3 Å². The van der Waals surface area contributed by atoms with Gasteiger partial charge in [0.15, 0.2) is 5.11 Å². The molecule has 1 atom stereocenters. The van der Waals surface area contributed by atoms with Gasteiger partial charge in [-0.25, -0.2) is 0 Å². The summed E-state index contributed by atoms with van der Waals surface area (Å²) in [5, 5.41) is 14.6. The predicted octanol–water partition coefficient (Wildman–Crippen LogP) is 2.26. The summed E-state index contributed by atoms with van der Waals surface area (Å²) in [6, 6.07) is 7.78. The molecule has 0 amide bonds. The number of hydrogen-bond acceptors (Lipinski definition) is 3. The van der Waals surface area contributed by atoms with E-state index in [0.29, 0.717) is 18.1 Å². The number of nitrogens with one attached hydrogen (secondary N) is 1. The largest absolute Gasteiger partial charge is 0.496 e. The van der Waals surface area contributed by atoms with Gasteiger partial charge in [0, 0.05) is 17.5 Å². The van der Waals surface area contributed by atoms with Crippen LogP contribution in [-0.4, -0.2) is 33.5 Å². The minimum Gasteiger partial charge on any atom is -0.496 e. The Kier molecular flexibility index (Phi) is 3.93. The minimum absolute atomic E-state index is 0.210. The van der Waals surface area contributed by atoms with Crippen molar-refractivity contribution in [1.82, 2.24) is 10.2 Å². The first kappa shape index (κ1) is 15.1. The molecule has 2 rings (SSSR count). The summed E-state index contributed by atoms with van der Waals surface area (Å²) in [6.07, 6.45) is 0.593. The Morgan fingerprint density at radius 2 is 2.00 bits per heavy atom. The Morgan fingerprint density at radius 3 is 2.60 bits per heavy atom. The molecule has 1 saturated heterocycles. The predicted molar refractivity (Wildman–Crippen MR) is 83.6 cm³/mol. The lowest BCUT2D eigenvalue weighted by molar-refractivity contribution is -0.0922. The van der Waals surface area contributed by atoms with Crippen LogP contribution in [0.15, 0.2) is 24.3 Å². The molecule has 0 radical (unpaired) electrons. The van der Waals surface area contributed by atoms with Crippen LogP contribution >= 0.6 is 12.2 Å². The van der Waals surface area contributed by atoms with Gasteiger partial charge < -0.3 is 20.1 Å². The van der Waals surface area contributed by atoms with Crippen LogP contribution in [0.25, 0.3) is 0 Å². The molecule has 0 aromatic heterocycles. The van der Waals surface area contributed by atoms with Crippen molar-refractivity contribution < 1.29 is 9.84 Å². The summed E-state index contributed by atoms with van der Waals surface area (Å²) in [4.78, 5) is 1.81. The normalized spacial score (nSPS) is 25.2. The molecule has 1 heterocycles. The molecule has 0 saturated carbocycles. The maximum atomic E-state index is 10.7. The molecule has 4 nitrogen and oxygen atoms in total. The second-order valence-corrected chi connectivity index (χ2v) is 6.49. The number of rotatable bonds is 3. The molecule has 0 unspecified atom stereocenters. The van der Waals surface area contributed by atoms with Gasteiger partial charge in [0.05, 0.1) is 13.7 Å². The van der Waals surface area contributed by atoms with E-state index >= 15 is 0 Å². The van der Waals surface area contributed by atoms with E-state index in [4.69, 9.17) is 17.0 Å². The van der Waals surface area contributed by atoms with Crippen molar-refractivity contribution in [2.45, 2.75) is 45.0 Å². The van der Waals surface area contributed by atoms with E-state index in [0.717, 1.165) is 11.3 Å². The zero-order chi connectivity index (χ0) is 15.0. The topological polar surface area (TPSA) is 44.7 Å². The van der Waals surface area contributed by atoms with E-state index in [-0.39, 0.29) is 5.54 Å². The fourth-order valence-corrected chi connectivity index (χ4v) is 3.34. The van der Waals surface area contributed by atoms with Crippen LogP contribution in [0.4, 0.5) is 0 Å². The van der Waals surface area contributed by atoms with Crippen molar-refractivity contribution in [1.29, 1.82) is 0 Å². The minimum atomic E-state index is -0.979. The molecule has 1 aliphatic rings. The van der Waals surface area contributed by atoms with Crippen molar-refractivity contribution in [3.8, 4) is 5.75 Å². The van der Waals surface area contributed by atoms with Gasteiger partial charge in [0.1, 0.15) is 11.5 Å². The first-order chi connectivity index (χ1) is 9.25. The van der Waals surface area contributed by atoms with Crippen LogP contribution in [0, 0.1) is 0 Å². The molecule has 1 aliphatic heterocycles. The summed E-state index contributed by atoms with van der Waals surface area (Å²) < 4.78 is 5.36. The van der Waals surface area contributed by atoms with Crippen molar-refractivity contribution in [3.63, 3.8) is 0 Å². The highest BCUT2D eigenvalue weighted by molar-refractivity contribution is 7.80. The van der Waals surface area contributed by atoms with Crippen molar-refractivity contribution in [2.75, 3.05) is 7.11 Å². The number of hydrogen-bond donors (Lipinski definition) is 2. The van der Waals surface area contributed by atoms with E-state index < -0.39 is 5.72 Å². The Bertz CT molecular complexity index is 514. The molecule has 20 heavy (non-hydrogen) atoms. The molecular weight excluding hydrogens is 272 g/mol. The Morgan fingerprint density at radius 1 is 1.35 bits per heavy atom. The van der Waals surface area contributed by atoms with Crippen LogP contribution in [-0.2, 0) is 6.54 Å². The van der Waals surface area contributed by atoms with E-state index in [1.165, 1.54) is 0 Å². The summed E-state index contributed by atoms with van der Waals surface area (Å²) in [6.45, 7) is 6.39. The third-order valence-corrected chi connectivity index (χ3v) is 3.89. The third kappa shape index (κ3) is 3.04. The molecule has 0 aliphatic carbocycles. The Labute approximate surface area is 125 Å². The zero-order valence-electron chi connectivity index (χ0n) is 12.4. The van der Waals surface area contributed by atoms with Gasteiger partial charge in [-0.05, 0) is 39.1 Å². The van der Waals surface area contributed by atoms with Gasteiger partial charge in [-0.1, -0.05) is 18.2 Å². The molecule has 110 valence electrons. The highest BCUT2D eigenvalue weighted by atomic mass is 32.1. The van der Waals surface area contributed by atoms with Crippen LogP contribution in [0.2, 0.25) is 0 Å². The van der Waals surface area contributed by atoms with Gasteiger partial charge in [-0.2, -0.15) is 0 Å². The molecule has 5 heteroatoms. The van der Waals surface area contributed by atoms with Crippen LogP contribution < -0.4 is 10.1 Å². The zero-order valence-corrected chi connectivity index (χ0v) is 13.3. The summed E-state index contributed by atoms with van der Waals surface area (Å²) >= 11 is 5.42. The number of methoxy groups -OCH3 is 1. The average molecular weight is 294 g/mol. The lowest BCUT2D eigenvalue weighted by Gasteiger charge is -2.49. The molecule has 2 N–H and O–H groups in total. The van der Waals surface area contributed by atoms with E-state index in [9.17, 15) is 5.11 Å². The van der Waals surface area contributed by atoms with Crippen LogP contribution in [0.5, 0.6) is 5.75 Å². The van der Waals surface area contributed by atoms with Gasteiger partial charge in [0.2, 0.25) is 0 Å². The number of nitrogens with zero attached hydrogens (tertiary/aromatic N) is 1.